The Labute approximate surface area is 135 Å². The summed E-state index contributed by atoms with van der Waals surface area (Å²) in [6.07, 6.45) is 6.48. The van der Waals surface area contributed by atoms with Gasteiger partial charge in [-0.05, 0) is 19.3 Å². The van der Waals surface area contributed by atoms with E-state index in [1.165, 1.54) is 12.8 Å². The highest BCUT2D eigenvalue weighted by Crippen LogP contribution is 1.90. The molecule has 0 spiro atoms. The smallest absolute Gasteiger partial charge is 0.146 e. The first kappa shape index (κ1) is 23.7. The number of carbonyl (C=O) groups excluding carboxylic acids is 1. The molecular weight excluding hydrogens is 288 g/mol. The summed E-state index contributed by atoms with van der Waals surface area (Å²) in [7, 11) is 0. The molecule has 0 heterocycles. The molecule has 0 saturated heterocycles. The monoisotopic (exact) mass is 322 g/mol. The summed E-state index contributed by atoms with van der Waals surface area (Å²) in [6, 6.07) is 0. The second-order valence-corrected chi connectivity index (χ2v) is 4.61. The molecule has 0 aromatic heterocycles. The van der Waals surface area contributed by atoms with Crippen LogP contribution in [0.15, 0.2) is 0 Å². The fraction of sp³-hybridized carbons (Fsp3) is 0.938. The van der Waals surface area contributed by atoms with E-state index in [0.717, 1.165) is 32.3 Å². The number of carbonyl (C=O) groups is 1. The summed E-state index contributed by atoms with van der Waals surface area (Å²) in [4.78, 5) is 9.79. The summed E-state index contributed by atoms with van der Waals surface area (Å²) in [6.45, 7) is 7.69. The van der Waals surface area contributed by atoms with E-state index >= 15 is 0 Å². The molecule has 0 amide bonds. The lowest BCUT2D eigenvalue weighted by Crippen LogP contribution is -2.04. The van der Waals surface area contributed by atoms with Gasteiger partial charge in [0.15, 0.2) is 0 Å². The maximum absolute atomic E-state index is 9.79. The zero-order valence-electron chi connectivity index (χ0n) is 14.3. The van der Waals surface area contributed by atoms with Gasteiger partial charge in [-0.2, -0.15) is 0 Å². The van der Waals surface area contributed by atoms with E-state index < -0.39 is 0 Å². The second kappa shape index (κ2) is 25.4. The van der Waals surface area contributed by atoms with Crippen LogP contribution in [0.25, 0.3) is 0 Å². The Kier molecular flexibility index (Phi) is 27.4. The standard InChI is InChI=1S/C9H20O2.C7H14O4/c1-3-5-7-10-9-11-8-6-4-2;8-3-1-5-10-7-11-6-2-4-9/h3-9H2,1-2H3;3,9H,1-2,4-7H2. The van der Waals surface area contributed by atoms with Crippen molar-refractivity contribution in [2.24, 2.45) is 0 Å². The number of aldehydes is 1. The normalized spacial score (nSPS) is 10.1. The van der Waals surface area contributed by atoms with Gasteiger partial charge in [-0.15, -0.1) is 0 Å². The molecule has 0 unspecified atom stereocenters. The van der Waals surface area contributed by atoms with Crippen molar-refractivity contribution in [2.75, 3.05) is 46.6 Å². The van der Waals surface area contributed by atoms with E-state index in [4.69, 9.17) is 24.1 Å². The van der Waals surface area contributed by atoms with Gasteiger partial charge in [0.25, 0.3) is 0 Å². The summed E-state index contributed by atoms with van der Waals surface area (Å²) in [5.41, 5.74) is 0. The van der Waals surface area contributed by atoms with Crippen LogP contribution in [0.5, 0.6) is 0 Å². The summed E-state index contributed by atoms with van der Waals surface area (Å²) >= 11 is 0. The number of aliphatic hydroxyl groups excluding tert-OH is 1. The molecule has 0 bridgehead atoms. The van der Waals surface area contributed by atoms with E-state index in [0.29, 0.717) is 32.8 Å². The van der Waals surface area contributed by atoms with Gasteiger partial charge in [-0.25, -0.2) is 0 Å². The van der Waals surface area contributed by atoms with E-state index in [-0.39, 0.29) is 13.4 Å². The van der Waals surface area contributed by atoms with Crippen LogP contribution in [0.2, 0.25) is 0 Å². The minimum atomic E-state index is 0.133. The molecule has 1 N–H and O–H groups in total. The highest BCUT2D eigenvalue weighted by Gasteiger charge is 1.88. The lowest BCUT2D eigenvalue weighted by molar-refractivity contribution is -0.110. The number of rotatable bonds is 16. The molecule has 0 saturated carbocycles. The number of hydrogen-bond donors (Lipinski definition) is 1. The largest absolute Gasteiger partial charge is 0.396 e. The SMILES string of the molecule is CCCCOCOCCCC.O=CCCOCOCCCO. The van der Waals surface area contributed by atoms with Crippen molar-refractivity contribution in [3.05, 3.63) is 0 Å². The van der Waals surface area contributed by atoms with Crippen molar-refractivity contribution in [1.29, 1.82) is 0 Å². The van der Waals surface area contributed by atoms with E-state index in [9.17, 15) is 4.79 Å². The van der Waals surface area contributed by atoms with Crippen LogP contribution in [0.4, 0.5) is 0 Å². The number of unbranched alkanes of at least 4 members (excludes halogenated alkanes) is 2. The van der Waals surface area contributed by atoms with Crippen LogP contribution in [0.1, 0.15) is 52.4 Å². The molecule has 0 fully saturated rings. The van der Waals surface area contributed by atoms with E-state index in [1.807, 2.05) is 0 Å². The average Bonchev–Trinajstić information content (AvgIpc) is 2.54. The van der Waals surface area contributed by atoms with Crippen molar-refractivity contribution < 1.29 is 28.8 Å². The van der Waals surface area contributed by atoms with Crippen LogP contribution in [-0.2, 0) is 23.7 Å². The topological polar surface area (TPSA) is 74.2 Å². The quantitative estimate of drug-likeness (QED) is 0.267. The number of ether oxygens (including phenoxy) is 4. The highest BCUT2D eigenvalue weighted by atomic mass is 16.7. The maximum Gasteiger partial charge on any atom is 0.146 e. The predicted octanol–water partition coefficient (Wildman–Crippen LogP) is 2.53. The Morgan fingerprint density at radius 2 is 1.23 bits per heavy atom. The van der Waals surface area contributed by atoms with Crippen molar-refractivity contribution in [3.63, 3.8) is 0 Å². The summed E-state index contributed by atoms with van der Waals surface area (Å²) in [5, 5.41) is 8.34. The molecule has 0 aliphatic heterocycles. The molecule has 0 aromatic rings. The Morgan fingerprint density at radius 1 is 0.773 bits per heavy atom. The third-order valence-corrected chi connectivity index (χ3v) is 2.44. The first-order chi connectivity index (χ1) is 10.8. The van der Waals surface area contributed by atoms with Gasteiger partial charge in [0.1, 0.15) is 19.9 Å². The zero-order valence-corrected chi connectivity index (χ0v) is 14.3. The Bertz CT molecular complexity index is 181. The summed E-state index contributed by atoms with van der Waals surface area (Å²) < 4.78 is 20.2. The second-order valence-electron chi connectivity index (χ2n) is 4.61. The Hall–Kier alpha value is -0.530. The predicted molar refractivity (Wildman–Crippen MR) is 85.7 cm³/mol. The van der Waals surface area contributed by atoms with Gasteiger partial charge < -0.3 is 28.8 Å². The van der Waals surface area contributed by atoms with Gasteiger partial charge in [0, 0.05) is 26.2 Å². The van der Waals surface area contributed by atoms with Crippen LogP contribution in [0, 0.1) is 0 Å². The zero-order chi connectivity index (χ0) is 16.7. The highest BCUT2D eigenvalue weighted by molar-refractivity contribution is 5.49. The molecule has 0 atom stereocenters. The van der Waals surface area contributed by atoms with Gasteiger partial charge >= 0.3 is 0 Å². The lowest BCUT2D eigenvalue weighted by Gasteiger charge is -2.03. The number of aliphatic hydroxyl groups is 1. The molecule has 22 heavy (non-hydrogen) atoms. The average molecular weight is 322 g/mol. The molecule has 0 rings (SSSR count). The molecule has 134 valence electrons. The molecule has 0 aliphatic rings. The molecule has 6 heteroatoms. The third kappa shape index (κ3) is 27.8. The first-order valence-electron chi connectivity index (χ1n) is 8.18. The minimum Gasteiger partial charge on any atom is -0.396 e. The fourth-order valence-electron chi connectivity index (χ4n) is 1.14. The Balaban J connectivity index is 0. The van der Waals surface area contributed by atoms with Crippen LogP contribution >= 0.6 is 0 Å². The van der Waals surface area contributed by atoms with Gasteiger partial charge in [0.2, 0.25) is 0 Å². The van der Waals surface area contributed by atoms with Gasteiger partial charge in [-0.3, -0.25) is 0 Å². The van der Waals surface area contributed by atoms with Crippen LogP contribution < -0.4 is 0 Å². The van der Waals surface area contributed by atoms with E-state index in [2.05, 4.69) is 13.8 Å². The van der Waals surface area contributed by atoms with Crippen molar-refractivity contribution in [1.82, 2.24) is 0 Å². The number of hydrogen-bond acceptors (Lipinski definition) is 6. The minimum absolute atomic E-state index is 0.133. The lowest BCUT2D eigenvalue weighted by atomic mass is 10.4. The van der Waals surface area contributed by atoms with Gasteiger partial charge in [0.05, 0.1) is 13.2 Å². The Morgan fingerprint density at radius 3 is 1.64 bits per heavy atom. The molecular formula is C16H34O6. The molecule has 6 nitrogen and oxygen atoms in total. The maximum atomic E-state index is 9.79. The third-order valence-electron chi connectivity index (χ3n) is 2.44. The molecule has 0 radical (unpaired) electrons. The van der Waals surface area contributed by atoms with E-state index in [1.54, 1.807) is 0 Å². The van der Waals surface area contributed by atoms with Crippen LogP contribution in [0.3, 0.4) is 0 Å². The summed E-state index contributed by atoms with van der Waals surface area (Å²) in [5.74, 6) is 0. The van der Waals surface area contributed by atoms with Gasteiger partial charge in [-0.1, -0.05) is 26.7 Å². The molecule has 0 aliphatic carbocycles. The fourth-order valence-corrected chi connectivity index (χ4v) is 1.14. The first-order valence-corrected chi connectivity index (χ1v) is 8.18. The van der Waals surface area contributed by atoms with Crippen LogP contribution in [-0.4, -0.2) is 58.0 Å². The van der Waals surface area contributed by atoms with Crippen molar-refractivity contribution in [2.45, 2.75) is 52.4 Å². The van der Waals surface area contributed by atoms with Crippen molar-refractivity contribution in [3.8, 4) is 0 Å². The van der Waals surface area contributed by atoms with Crippen molar-refractivity contribution >= 4 is 6.29 Å². The molecule has 0 aromatic carbocycles.